The summed E-state index contributed by atoms with van der Waals surface area (Å²) in [6, 6.07) is 8.84. The van der Waals surface area contributed by atoms with Crippen LogP contribution >= 0.6 is 0 Å². The van der Waals surface area contributed by atoms with Crippen molar-refractivity contribution in [2.24, 2.45) is 0 Å². The molecule has 1 aromatic heterocycles. The number of nitrogens with one attached hydrogen (secondary N) is 1. The van der Waals surface area contributed by atoms with Crippen LogP contribution in [0.25, 0.3) is 0 Å². The summed E-state index contributed by atoms with van der Waals surface area (Å²) >= 11 is 0. The van der Waals surface area contributed by atoms with Gasteiger partial charge in [-0.3, -0.25) is 0 Å². The van der Waals surface area contributed by atoms with E-state index in [-0.39, 0.29) is 0 Å². The van der Waals surface area contributed by atoms with E-state index < -0.39 is 15.1 Å². The maximum Gasteiger partial charge on any atom is 0.185 e. The minimum Gasteiger partial charge on any atom is -0.367 e. The van der Waals surface area contributed by atoms with E-state index >= 15 is 0 Å². The molecule has 0 aliphatic rings. The van der Waals surface area contributed by atoms with Gasteiger partial charge in [-0.15, -0.1) is 0 Å². The van der Waals surface area contributed by atoms with Gasteiger partial charge in [-0.1, -0.05) is 24.6 Å². The molecule has 0 saturated heterocycles. The number of benzene rings is 1. The number of aromatic nitrogens is 1. The lowest BCUT2D eigenvalue weighted by Gasteiger charge is -2.15. The molecule has 96 valence electrons. The van der Waals surface area contributed by atoms with Gasteiger partial charge in [-0.05, 0) is 37.1 Å². The van der Waals surface area contributed by atoms with Gasteiger partial charge in [0.25, 0.3) is 0 Å². The topological polar surface area (TPSA) is 49.9 Å². The van der Waals surface area contributed by atoms with Crippen molar-refractivity contribution in [2.75, 3.05) is 0 Å². The molecule has 3 nitrogen and oxygen atoms in total. The summed E-state index contributed by atoms with van der Waals surface area (Å²) in [6.07, 6.45) is 4.07. The highest BCUT2D eigenvalue weighted by Crippen LogP contribution is 2.31. The third-order valence-corrected chi connectivity index (χ3v) is 5.37. The van der Waals surface area contributed by atoms with E-state index in [0.717, 1.165) is 11.1 Å². The quantitative estimate of drug-likeness (QED) is 0.920. The van der Waals surface area contributed by atoms with Gasteiger partial charge in [0.2, 0.25) is 0 Å². The Kier molecular flexibility index (Phi) is 3.57. The van der Waals surface area contributed by atoms with Crippen LogP contribution in [0, 0.1) is 6.92 Å². The summed E-state index contributed by atoms with van der Waals surface area (Å²) in [6.45, 7) is 3.84. The van der Waals surface area contributed by atoms with Crippen molar-refractivity contribution in [3.63, 3.8) is 0 Å². The zero-order valence-corrected chi connectivity index (χ0v) is 11.4. The molecule has 0 radical (unpaired) electrons. The Balaban J connectivity index is 2.44. The molecule has 1 unspecified atom stereocenters. The Hall–Kier alpha value is -1.55. The molecule has 1 heterocycles. The third kappa shape index (κ3) is 2.34. The number of rotatable bonds is 4. The second-order valence-electron chi connectivity index (χ2n) is 4.40. The van der Waals surface area contributed by atoms with E-state index in [0.29, 0.717) is 11.3 Å². The highest BCUT2D eigenvalue weighted by atomic mass is 32.2. The largest absolute Gasteiger partial charge is 0.367 e. The summed E-state index contributed by atoms with van der Waals surface area (Å²) in [5.74, 6) is 0. The molecule has 0 bridgehead atoms. The van der Waals surface area contributed by atoms with E-state index in [2.05, 4.69) is 4.98 Å². The molecule has 0 aliphatic heterocycles. The van der Waals surface area contributed by atoms with Crippen LogP contribution < -0.4 is 0 Å². The minimum atomic E-state index is -3.31. The van der Waals surface area contributed by atoms with Crippen molar-refractivity contribution in [2.45, 2.75) is 30.4 Å². The van der Waals surface area contributed by atoms with Crippen LogP contribution in [-0.2, 0) is 9.84 Å². The Bertz CT molecular complexity index is 598. The van der Waals surface area contributed by atoms with Gasteiger partial charge in [0, 0.05) is 12.4 Å². The van der Waals surface area contributed by atoms with E-state index in [1.165, 1.54) is 0 Å². The zero-order valence-electron chi connectivity index (χ0n) is 10.6. The highest BCUT2D eigenvalue weighted by Gasteiger charge is 2.27. The summed E-state index contributed by atoms with van der Waals surface area (Å²) in [7, 11) is -3.31. The van der Waals surface area contributed by atoms with Gasteiger partial charge >= 0.3 is 0 Å². The molecule has 1 aromatic carbocycles. The van der Waals surface area contributed by atoms with E-state index in [9.17, 15) is 8.42 Å². The summed E-state index contributed by atoms with van der Waals surface area (Å²) in [5, 5.41) is -0.480. The Labute approximate surface area is 108 Å². The normalized spacial score (nSPS) is 13.4. The number of sulfone groups is 1. The van der Waals surface area contributed by atoms with Crippen molar-refractivity contribution in [1.82, 2.24) is 4.98 Å². The second-order valence-corrected chi connectivity index (χ2v) is 6.53. The number of H-pyrrole nitrogens is 1. The Morgan fingerprint density at radius 1 is 1.17 bits per heavy atom. The number of aromatic amines is 1. The number of aryl methyl sites for hydroxylation is 1. The lowest BCUT2D eigenvalue weighted by molar-refractivity contribution is 0.579. The van der Waals surface area contributed by atoms with Gasteiger partial charge in [-0.25, -0.2) is 8.42 Å². The van der Waals surface area contributed by atoms with Crippen molar-refractivity contribution in [3.05, 3.63) is 53.9 Å². The summed E-state index contributed by atoms with van der Waals surface area (Å²) in [4.78, 5) is 3.30. The maximum atomic E-state index is 12.6. The van der Waals surface area contributed by atoms with Gasteiger partial charge < -0.3 is 4.98 Å². The molecule has 2 aromatic rings. The van der Waals surface area contributed by atoms with Crippen LogP contribution in [0.5, 0.6) is 0 Å². The fourth-order valence-corrected chi connectivity index (χ4v) is 3.85. The molecule has 18 heavy (non-hydrogen) atoms. The molecule has 1 N–H and O–H groups in total. The first-order valence-electron chi connectivity index (χ1n) is 5.99. The van der Waals surface area contributed by atoms with Crippen LogP contribution in [0.15, 0.2) is 47.6 Å². The van der Waals surface area contributed by atoms with Crippen LogP contribution in [-0.4, -0.2) is 13.4 Å². The molecule has 0 aliphatic carbocycles. The van der Waals surface area contributed by atoms with Crippen LogP contribution in [0.3, 0.4) is 0 Å². The van der Waals surface area contributed by atoms with E-state index in [1.54, 1.807) is 24.5 Å². The Morgan fingerprint density at radius 3 is 2.33 bits per heavy atom. The predicted molar refractivity (Wildman–Crippen MR) is 72.2 cm³/mol. The van der Waals surface area contributed by atoms with E-state index in [4.69, 9.17) is 0 Å². The molecular formula is C14H17NO2S. The molecule has 1 atom stereocenters. The lowest BCUT2D eigenvalue weighted by Crippen LogP contribution is -2.12. The SMILES string of the molecule is CCC(c1cc[nH]c1)S(=O)(=O)c1ccc(C)cc1. The highest BCUT2D eigenvalue weighted by molar-refractivity contribution is 7.91. The molecule has 0 saturated carbocycles. The average molecular weight is 263 g/mol. The minimum absolute atomic E-state index is 0.390. The first-order chi connectivity index (χ1) is 8.55. The van der Waals surface area contributed by atoms with E-state index in [1.807, 2.05) is 32.0 Å². The van der Waals surface area contributed by atoms with Crippen LogP contribution in [0.4, 0.5) is 0 Å². The monoisotopic (exact) mass is 263 g/mol. The van der Waals surface area contributed by atoms with Crippen molar-refractivity contribution >= 4 is 9.84 Å². The smallest absolute Gasteiger partial charge is 0.185 e. The molecular weight excluding hydrogens is 246 g/mol. The molecule has 0 amide bonds. The summed E-state index contributed by atoms with van der Waals surface area (Å²) < 4.78 is 25.1. The van der Waals surface area contributed by atoms with Crippen LogP contribution in [0.1, 0.15) is 29.7 Å². The third-order valence-electron chi connectivity index (χ3n) is 3.09. The first-order valence-corrected chi connectivity index (χ1v) is 7.53. The van der Waals surface area contributed by atoms with Crippen molar-refractivity contribution in [3.8, 4) is 0 Å². The maximum absolute atomic E-state index is 12.6. The Morgan fingerprint density at radius 2 is 1.83 bits per heavy atom. The fourth-order valence-electron chi connectivity index (χ4n) is 2.06. The van der Waals surface area contributed by atoms with Gasteiger partial charge in [0.05, 0.1) is 10.1 Å². The van der Waals surface area contributed by atoms with Crippen molar-refractivity contribution in [1.29, 1.82) is 0 Å². The molecule has 0 spiro atoms. The van der Waals surface area contributed by atoms with Crippen molar-refractivity contribution < 1.29 is 8.42 Å². The molecule has 4 heteroatoms. The zero-order chi connectivity index (χ0) is 13.2. The molecule has 2 rings (SSSR count). The fraction of sp³-hybridized carbons (Fsp3) is 0.286. The van der Waals surface area contributed by atoms with Gasteiger partial charge in [-0.2, -0.15) is 0 Å². The summed E-state index contributed by atoms with van der Waals surface area (Å²) in [5.41, 5.74) is 1.88. The first kappa shape index (κ1) is 12.9. The van der Waals surface area contributed by atoms with Gasteiger partial charge in [0.1, 0.15) is 0 Å². The second kappa shape index (κ2) is 4.98. The predicted octanol–water partition coefficient (Wildman–Crippen LogP) is 3.25. The average Bonchev–Trinajstić information content (AvgIpc) is 2.84. The van der Waals surface area contributed by atoms with Crippen LogP contribution in [0.2, 0.25) is 0 Å². The number of hydrogen-bond donors (Lipinski definition) is 1. The lowest BCUT2D eigenvalue weighted by atomic mass is 10.2. The number of hydrogen-bond acceptors (Lipinski definition) is 2. The molecule has 0 fully saturated rings. The standard InChI is InChI=1S/C14H17NO2S/c1-3-14(12-8-9-15-10-12)18(16,17)13-6-4-11(2)5-7-13/h4-10,14-15H,3H2,1-2H3. The van der Waals surface area contributed by atoms with Gasteiger partial charge in [0.15, 0.2) is 9.84 Å².